The summed E-state index contributed by atoms with van der Waals surface area (Å²) in [6.45, 7) is 6.19. The molecule has 0 radical (unpaired) electrons. The van der Waals surface area contributed by atoms with Crippen molar-refractivity contribution in [3.63, 3.8) is 0 Å². The summed E-state index contributed by atoms with van der Waals surface area (Å²) in [5.41, 5.74) is 2.85. The summed E-state index contributed by atoms with van der Waals surface area (Å²) in [6, 6.07) is 13.1. The summed E-state index contributed by atoms with van der Waals surface area (Å²) >= 11 is 5.93. The zero-order chi connectivity index (χ0) is 15.4. The largest absolute Gasteiger partial charge is 0.485 e. The maximum Gasteiger partial charge on any atom is 0.200 e. The van der Waals surface area contributed by atoms with E-state index in [1.54, 1.807) is 12.1 Å². The van der Waals surface area contributed by atoms with Crippen molar-refractivity contribution in [3.05, 3.63) is 64.2 Å². The quantitative estimate of drug-likeness (QED) is 0.724. The van der Waals surface area contributed by atoms with Crippen molar-refractivity contribution in [2.24, 2.45) is 0 Å². The lowest BCUT2D eigenvalue weighted by Crippen LogP contribution is -2.12. The number of halogens is 1. The van der Waals surface area contributed by atoms with E-state index in [2.05, 4.69) is 13.8 Å². The van der Waals surface area contributed by atoms with Crippen LogP contribution in [-0.4, -0.2) is 12.4 Å². The van der Waals surface area contributed by atoms with Crippen LogP contribution in [0.2, 0.25) is 5.02 Å². The number of ketones is 1. The molecule has 0 aliphatic rings. The summed E-state index contributed by atoms with van der Waals surface area (Å²) < 4.78 is 5.58. The van der Waals surface area contributed by atoms with E-state index >= 15 is 0 Å². The highest BCUT2D eigenvalue weighted by Gasteiger charge is 2.09. The van der Waals surface area contributed by atoms with Gasteiger partial charge in [-0.2, -0.15) is 0 Å². The molecule has 0 fully saturated rings. The van der Waals surface area contributed by atoms with Gasteiger partial charge in [-0.15, -0.1) is 0 Å². The maximum absolute atomic E-state index is 12.1. The lowest BCUT2D eigenvalue weighted by Gasteiger charge is -2.10. The van der Waals surface area contributed by atoms with Crippen molar-refractivity contribution < 1.29 is 9.53 Å². The Bertz CT molecular complexity index is 630. The molecule has 21 heavy (non-hydrogen) atoms. The second-order valence-electron chi connectivity index (χ2n) is 5.40. The monoisotopic (exact) mass is 302 g/mol. The van der Waals surface area contributed by atoms with Gasteiger partial charge in [-0.1, -0.05) is 55.8 Å². The zero-order valence-electron chi connectivity index (χ0n) is 12.5. The molecule has 110 valence electrons. The Kier molecular flexibility index (Phi) is 5.03. The summed E-state index contributed by atoms with van der Waals surface area (Å²) in [5.74, 6) is 1.07. The average Bonchev–Trinajstić information content (AvgIpc) is 2.48. The van der Waals surface area contributed by atoms with E-state index in [0.29, 0.717) is 22.3 Å². The molecule has 0 amide bonds. The average molecular weight is 303 g/mol. The number of Topliss-reactive ketones (excluding diaryl/α,β-unsaturated/α-hetero) is 1. The Labute approximate surface area is 130 Å². The van der Waals surface area contributed by atoms with Gasteiger partial charge in [-0.05, 0) is 36.1 Å². The summed E-state index contributed by atoms with van der Waals surface area (Å²) in [6.07, 6.45) is 0. The van der Waals surface area contributed by atoms with Crippen LogP contribution >= 0.6 is 11.6 Å². The highest BCUT2D eigenvalue weighted by molar-refractivity contribution is 6.30. The summed E-state index contributed by atoms with van der Waals surface area (Å²) in [4.78, 5) is 12.1. The van der Waals surface area contributed by atoms with E-state index in [9.17, 15) is 4.79 Å². The topological polar surface area (TPSA) is 26.3 Å². The van der Waals surface area contributed by atoms with E-state index in [0.717, 1.165) is 5.56 Å². The molecule has 0 saturated carbocycles. The molecule has 0 saturated heterocycles. The number of benzene rings is 2. The standard InChI is InChI=1S/C18H19ClO2/c1-12(2)14-5-7-15(8-6-14)17(20)11-21-18-10-16(19)9-4-13(18)3/h4-10,12H,11H2,1-3H3. The lowest BCUT2D eigenvalue weighted by atomic mass is 10.0. The van der Waals surface area contributed by atoms with Gasteiger partial charge in [0, 0.05) is 10.6 Å². The summed E-state index contributed by atoms with van der Waals surface area (Å²) in [5, 5.41) is 0.601. The molecule has 0 aliphatic carbocycles. The number of carbonyl (C=O) groups excluding carboxylic acids is 1. The van der Waals surface area contributed by atoms with E-state index < -0.39 is 0 Å². The minimum atomic E-state index is -0.0373. The fraction of sp³-hybridized carbons (Fsp3) is 0.278. The SMILES string of the molecule is Cc1ccc(Cl)cc1OCC(=O)c1ccc(C(C)C)cc1. The highest BCUT2D eigenvalue weighted by atomic mass is 35.5. The molecular weight excluding hydrogens is 284 g/mol. The van der Waals surface area contributed by atoms with Gasteiger partial charge < -0.3 is 4.74 Å². The first-order chi connectivity index (χ1) is 9.97. The molecule has 2 aromatic carbocycles. The number of carbonyl (C=O) groups is 1. The van der Waals surface area contributed by atoms with Gasteiger partial charge in [0.2, 0.25) is 0 Å². The van der Waals surface area contributed by atoms with Crippen LogP contribution in [0.1, 0.15) is 41.3 Å². The number of ether oxygens (including phenoxy) is 1. The number of hydrogen-bond donors (Lipinski definition) is 0. The van der Waals surface area contributed by atoms with Crippen LogP contribution in [-0.2, 0) is 0 Å². The van der Waals surface area contributed by atoms with Crippen LogP contribution in [0.15, 0.2) is 42.5 Å². The fourth-order valence-corrected chi connectivity index (χ4v) is 2.17. The molecule has 0 heterocycles. The number of hydrogen-bond acceptors (Lipinski definition) is 2. The van der Waals surface area contributed by atoms with Crippen LogP contribution in [0.5, 0.6) is 5.75 Å². The Balaban J connectivity index is 2.03. The lowest BCUT2D eigenvalue weighted by molar-refractivity contribution is 0.0921. The van der Waals surface area contributed by atoms with Gasteiger partial charge in [0.15, 0.2) is 12.4 Å². The molecule has 0 unspecified atom stereocenters. The molecule has 0 atom stereocenters. The van der Waals surface area contributed by atoms with Crippen LogP contribution in [0.3, 0.4) is 0 Å². The van der Waals surface area contributed by atoms with Crippen LogP contribution < -0.4 is 4.74 Å². The first-order valence-electron chi connectivity index (χ1n) is 6.99. The van der Waals surface area contributed by atoms with Gasteiger partial charge >= 0.3 is 0 Å². The second-order valence-corrected chi connectivity index (χ2v) is 5.83. The third kappa shape index (κ3) is 4.08. The van der Waals surface area contributed by atoms with Crippen molar-refractivity contribution in [1.29, 1.82) is 0 Å². The first-order valence-corrected chi connectivity index (χ1v) is 7.37. The molecule has 0 N–H and O–H groups in total. The zero-order valence-corrected chi connectivity index (χ0v) is 13.3. The van der Waals surface area contributed by atoms with Crippen molar-refractivity contribution in [2.45, 2.75) is 26.7 Å². The van der Waals surface area contributed by atoms with Gasteiger partial charge in [-0.3, -0.25) is 4.79 Å². The van der Waals surface area contributed by atoms with Crippen LogP contribution in [0.25, 0.3) is 0 Å². The smallest absolute Gasteiger partial charge is 0.200 e. The van der Waals surface area contributed by atoms with Gasteiger partial charge in [0.05, 0.1) is 0 Å². The van der Waals surface area contributed by atoms with Crippen molar-refractivity contribution in [2.75, 3.05) is 6.61 Å². The van der Waals surface area contributed by atoms with Crippen molar-refractivity contribution >= 4 is 17.4 Å². The Morgan fingerprint density at radius 3 is 2.43 bits per heavy atom. The van der Waals surface area contributed by atoms with E-state index in [1.165, 1.54) is 5.56 Å². The fourth-order valence-electron chi connectivity index (χ4n) is 2.01. The van der Waals surface area contributed by atoms with Crippen molar-refractivity contribution in [3.8, 4) is 5.75 Å². The van der Waals surface area contributed by atoms with Gasteiger partial charge in [-0.25, -0.2) is 0 Å². The Hall–Kier alpha value is -1.80. The van der Waals surface area contributed by atoms with Crippen LogP contribution in [0.4, 0.5) is 0 Å². The summed E-state index contributed by atoms with van der Waals surface area (Å²) in [7, 11) is 0. The molecule has 2 aromatic rings. The second kappa shape index (κ2) is 6.77. The predicted octanol–water partition coefficient (Wildman–Crippen LogP) is 5.03. The molecule has 0 aliphatic heterocycles. The predicted molar refractivity (Wildman–Crippen MR) is 86.5 cm³/mol. The highest BCUT2D eigenvalue weighted by Crippen LogP contribution is 2.22. The number of aryl methyl sites for hydroxylation is 1. The van der Waals surface area contributed by atoms with E-state index in [1.807, 2.05) is 37.3 Å². The first kappa shape index (κ1) is 15.6. The van der Waals surface area contributed by atoms with Crippen LogP contribution in [0, 0.1) is 6.92 Å². The molecule has 3 heteroatoms. The molecule has 2 rings (SSSR count). The third-order valence-corrected chi connectivity index (χ3v) is 3.64. The Morgan fingerprint density at radius 1 is 1.14 bits per heavy atom. The minimum absolute atomic E-state index is 0.0161. The van der Waals surface area contributed by atoms with Gasteiger partial charge in [0.25, 0.3) is 0 Å². The van der Waals surface area contributed by atoms with E-state index in [-0.39, 0.29) is 12.4 Å². The van der Waals surface area contributed by atoms with E-state index in [4.69, 9.17) is 16.3 Å². The maximum atomic E-state index is 12.1. The Morgan fingerprint density at radius 2 is 1.81 bits per heavy atom. The molecule has 0 aromatic heterocycles. The molecule has 0 spiro atoms. The molecule has 0 bridgehead atoms. The normalized spacial score (nSPS) is 10.7. The van der Waals surface area contributed by atoms with Gasteiger partial charge in [0.1, 0.15) is 5.75 Å². The molecule has 2 nitrogen and oxygen atoms in total. The third-order valence-electron chi connectivity index (χ3n) is 3.41. The number of rotatable bonds is 5. The molecular formula is C18H19ClO2. The minimum Gasteiger partial charge on any atom is -0.485 e. The van der Waals surface area contributed by atoms with Crippen molar-refractivity contribution in [1.82, 2.24) is 0 Å².